The molecule has 0 unspecified atom stereocenters. The van der Waals surface area contributed by atoms with E-state index in [0.29, 0.717) is 4.47 Å². The number of hydrogen-bond acceptors (Lipinski definition) is 1. The fraction of sp³-hybridized carbons (Fsp3) is 0.571. The molecule has 2 fully saturated rings. The van der Waals surface area contributed by atoms with Crippen LogP contribution in [0, 0.1) is 11.7 Å². The van der Waals surface area contributed by atoms with Crippen LogP contribution in [0.2, 0.25) is 0 Å². The van der Waals surface area contributed by atoms with Gasteiger partial charge in [0.25, 0.3) is 0 Å². The van der Waals surface area contributed by atoms with Crippen molar-refractivity contribution in [3.8, 4) is 0 Å². The predicted octanol–water partition coefficient (Wildman–Crippen LogP) is 3.96. The van der Waals surface area contributed by atoms with Crippen LogP contribution < -0.4 is 0 Å². The van der Waals surface area contributed by atoms with Gasteiger partial charge < -0.3 is 0 Å². The monoisotopic (exact) mass is 297 g/mol. The molecule has 2 aliphatic carbocycles. The van der Waals surface area contributed by atoms with Crippen molar-refractivity contribution in [2.45, 2.75) is 38.3 Å². The Morgan fingerprint density at radius 3 is 2.65 bits per heavy atom. The number of halogens is 2. The Morgan fingerprint density at radius 1 is 1.24 bits per heavy atom. The van der Waals surface area contributed by atoms with E-state index in [4.69, 9.17) is 0 Å². The van der Waals surface area contributed by atoms with Gasteiger partial charge in [-0.2, -0.15) is 0 Å². The molecule has 0 aromatic heterocycles. The Hall–Kier alpha value is -0.410. The Morgan fingerprint density at radius 2 is 2.00 bits per heavy atom. The van der Waals surface area contributed by atoms with Crippen LogP contribution >= 0.6 is 15.9 Å². The van der Waals surface area contributed by atoms with Gasteiger partial charge in [-0.15, -0.1) is 0 Å². The van der Waals surface area contributed by atoms with Crippen molar-refractivity contribution in [2.24, 2.45) is 5.92 Å². The van der Waals surface area contributed by atoms with E-state index < -0.39 is 0 Å². The quantitative estimate of drug-likeness (QED) is 0.795. The second-order valence-corrected chi connectivity index (χ2v) is 6.11. The van der Waals surface area contributed by atoms with Crippen molar-refractivity contribution >= 4 is 15.9 Å². The Bertz CT molecular complexity index is 413. The van der Waals surface area contributed by atoms with Gasteiger partial charge in [-0.05, 0) is 59.2 Å². The molecule has 3 rings (SSSR count). The summed E-state index contributed by atoms with van der Waals surface area (Å²) in [5, 5.41) is 0. The normalized spacial score (nSPS) is 19.9. The summed E-state index contributed by atoms with van der Waals surface area (Å²) in [7, 11) is 0. The molecule has 0 heterocycles. The molecule has 0 atom stereocenters. The van der Waals surface area contributed by atoms with E-state index in [0.717, 1.165) is 24.1 Å². The van der Waals surface area contributed by atoms with E-state index in [-0.39, 0.29) is 5.82 Å². The second-order valence-electron chi connectivity index (χ2n) is 5.32. The van der Waals surface area contributed by atoms with Crippen LogP contribution in [-0.2, 0) is 6.54 Å². The van der Waals surface area contributed by atoms with Crippen LogP contribution in [0.25, 0.3) is 0 Å². The van der Waals surface area contributed by atoms with Crippen LogP contribution in [0.15, 0.2) is 22.7 Å². The maximum absolute atomic E-state index is 13.5. The molecule has 3 heteroatoms. The zero-order chi connectivity index (χ0) is 11.8. The van der Waals surface area contributed by atoms with Gasteiger partial charge in [-0.25, -0.2) is 4.39 Å². The van der Waals surface area contributed by atoms with E-state index in [9.17, 15) is 4.39 Å². The number of benzene rings is 1. The zero-order valence-corrected chi connectivity index (χ0v) is 11.4. The molecule has 0 bridgehead atoms. The largest absolute Gasteiger partial charge is 0.296 e. The second kappa shape index (κ2) is 4.69. The third kappa shape index (κ3) is 2.89. The Balaban J connectivity index is 1.71. The van der Waals surface area contributed by atoms with Gasteiger partial charge in [0.05, 0.1) is 4.47 Å². The standard InChI is InChI=1S/C14H17BrFN/c15-14-11(2-1-3-13(14)16)9-17(12-6-7-12)8-10-4-5-10/h1-3,10,12H,4-9H2. The molecule has 1 aromatic carbocycles. The van der Waals surface area contributed by atoms with Gasteiger partial charge >= 0.3 is 0 Å². The van der Waals surface area contributed by atoms with Gasteiger partial charge in [0, 0.05) is 19.1 Å². The van der Waals surface area contributed by atoms with Crippen LogP contribution in [0.4, 0.5) is 4.39 Å². The maximum atomic E-state index is 13.5. The zero-order valence-electron chi connectivity index (χ0n) is 9.83. The average molecular weight is 298 g/mol. The van der Waals surface area contributed by atoms with Crippen molar-refractivity contribution < 1.29 is 4.39 Å². The summed E-state index contributed by atoms with van der Waals surface area (Å²) in [6.45, 7) is 2.09. The van der Waals surface area contributed by atoms with Crippen LogP contribution in [0.3, 0.4) is 0 Å². The first-order chi connectivity index (χ1) is 8.24. The molecule has 1 aromatic rings. The first kappa shape index (κ1) is 11.7. The van der Waals surface area contributed by atoms with Crippen molar-refractivity contribution in [1.29, 1.82) is 0 Å². The van der Waals surface area contributed by atoms with Gasteiger partial charge in [0.15, 0.2) is 0 Å². The highest BCUT2D eigenvalue weighted by Crippen LogP contribution is 2.36. The molecule has 0 amide bonds. The van der Waals surface area contributed by atoms with Crippen molar-refractivity contribution in [1.82, 2.24) is 4.90 Å². The smallest absolute Gasteiger partial charge is 0.137 e. The van der Waals surface area contributed by atoms with Gasteiger partial charge in [-0.3, -0.25) is 4.90 Å². The molecular formula is C14H17BrFN. The third-order valence-electron chi connectivity index (χ3n) is 3.66. The van der Waals surface area contributed by atoms with E-state index in [1.165, 1.54) is 38.3 Å². The van der Waals surface area contributed by atoms with Gasteiger partial charge in [0.2, 0.25) is 0 Å². The SMILES string of the molecule is Fc1cccc(CN(CC2CC2)C2CC2)c1Br. The molecule has 1 nitrogen and oxygen atoms in total. The third-order valence-corrected chi connectivity index (χ3v) is 4.55. The lowest BCUT2D eigenvalue weighted by molar-refractivity contribution is 0.243. The van der Waals surface area contributed by atoms with Gasteiger partial charge in [0.1, 0.15) is 5.82 Å². The number of rotatable bonds is 5. The van der Waals surface area contributed by atoms with Crippen molar-refractivity contribution in [3.63, 3.8) is 0 Å². The summed E-state index contributed by atoms with van der Waals surface area (Å²) in [6, 6.07) is 6.09. The number of hydrogen-bond donors (Lipinski definition) is 0. The lowest BCUT2D eigenvalue weighted by atomic mass is 10.2. The molecule has 92 valence electrons. The summed E-state index contributed by atoms with van der Waals surface area (Å²) in [6.07, 6.45) is 5.40. The molecule has 17 heavy (non-hydrogen) atoms. The first-order valence-corrected chi connectivity index (χ1v) is 7.20. The molecule has 0 spiro atoms. The summed E-state index contributed by atoms with van der Waals surface area (Å²) in [5.41, 5.74) is 1.08. The summed E-state index contributed by atoms with van der Waals surface area (Å²) in [5.74, 6) is 0.757. The molecule has 2 aliphatic rings. The molecular weight excluding hydrogens is 281 g/mol. The lowest BCUT2D eigenvalue weighted by Gasteiger charge is -2.22. The Labute approximate surface area is 110 Å². The number of nitrogens with zero attached hydrogens (tertiary/aromatic N) is 1. The summed E-state index contributed by atoms with van der Waals surface area (Å²) in [4.78, 5) is 2.54. The van der Waals surface area contributed by atoms with E-state index in [1.807, 2.05) is 6.07 Å². The van der Waals surface area contributed by atoms with E-state index in [2.05, 4.69) is 20.8 Å². The highest BCUT2D eigenvalue weighted by atomic mass is 79.9. The fourth-order valence-corrected chi connectivity index (χ4v) is 2.69. The van der Waals surface area contributed by atoms with Gasteiger partial charge in [-0.1, -0.05) is 12.1 Å². The van der Waals surface area contributed by atoms with Crippen LogP contribution in [0.5, 0.6) is 0 Å². The summed E-state index contributed by atoms with van der Waals surface area (Å²) < 4.78 is 14.1. The van der Waals surface area contributed by atoms with E-state index >= 15 is 0 Å². The van der Waals surface area contributed by atoms with Crippen molar-refractivity contribution in [2.75, 3.05) is 6.54 Å². The minimum Gasteiger partial charge on any atom is -0.296 e. The van der Waals surface area contributed by atoms with Crippen molar-refractivity contribution in [3.05, 3.63) is 34.1 Å². The minimum atomic E-state index is -0.148. The first-order valence-electron chi connectivity index (χ1n) is 6.41. The summed E-state index contributed by atoms with van der Waals surface area (Å²) >= 11 is 3.36. The fourth-order valence-electron chi connectivity index (χ4n) is 2.30. The predicted molar refractivity (Wildman–Crippen MR) is 70.3 cm³/mol. The molecule has 0 radical (unpaired) electrons. The Kier molecular flexibility index (Phi) is 3.22. The highest BCUT2D eigenvalue weighted by Gasteiger charge is 2.33. The highest BCUT2D eigenvalue weighted by molar-refractivity contribution is 9.10. The lowest BCUT2D eigenvalue weighted by Crippen LogP contribution is -2.28. The average Bonchev–Trinajstić information content (AvgIpc) is 3.15. The molecule has 2 saturated carbocycles. The molecule has 0 saturated heterocycles. The molecule has 0 N–H and O–H groups in total. The molecule has 0 aliphatic heterocycles. The maximum Gasteiger partial charge on any atom is 0.137 e. The minimum absolute atomic E-state index is 0.148. The van der Waals surface area contributed by atoms with Crippen LogP contribution in [0.1, 0.15) is 31.2 Å². The topological polar surface area (TPSA) is 3.24 Å². The van der Waals surface area contributed by atoms with E-state index in [1.54, 1.807) is 6.07 Å². The van der Waals surface area contributed by atoms with Crippen LogP contribution in [-0.4, -0.2) is 17.5 Å².